The van der Waals surface area contributed by atoms with Gasteiger partial charge in [-0.3, -0.25) is 10.1 Å². The molecule has 3 N–H and O–H groups in total. The minimum Gasteiger partial charge on any atom is -0.457 e. The lowest BCUT2D eigenvalue weighted by molar-refractivity contribution is -0.115. The predicted octanol–water partition coefficient (Wildman–Crippen LogP) is 3.84. The average molecular weight is 430 g/mol. The maximum absolute atomic E-state index is 11.4. The molecule has 0 saturated heterocycles. The van der Waals surface area contributed by atoms with Gasteiger partial charge in [-0.2, -0.15) is 0 Å². The highest BCUT2D eigenvalue weighted by Crippen LogP contribution is 2.32. The van der Waals surface area contributed by atoms with Crippen LogP contribution in [-0.2, 0) is 4.79 Å². The number of nitrogens with one attached hydrogen (secondary N) is 1. The maximum atomic E-state index is 11.4. The van der Waals surface area contributed by atoms with Crippen molar-refractivity contribution in [2.24, 2.45) is 5.73 Å². The SMILES string of the molecule is NC(=S)NC(=O)/C=C/c1ccc(-c2ccc(Br)cc2Br)o1. The second-order valence-electron chi connectivity index (χ2n) is 4.01. The van der Waals surface area contributed by atoms with E-state index in [-0.39, 0.29) is 5.11 Å². The first-order valence-corrected chi connectivity index (χ1v) is 7.79. The first-order chi connectivity index (χ1) is 9.95. The Morgan fingerprint density at radius 1 is 1.29 bits per heavy atom. The Hall–Kier alpha value is -1.44. The second-order valence-corrected chi connectivity index (χ2v) is 6.22. The summed E-state index contributed by atoms with van der Waals surface area (Å²) in [7, 11) is 0. The number of nitrogens with two attached hydrogens (primary N) is 1. The molecule has 0 unspecified atom stereocenters. The summed E-state index contributed by atoms with van der Waals surface area (Å²) in [6.07, 6.45) is 2.85. The maximum Gasteiger partial charge on any atom is 0.250 e. The topological polar surface area (TPSA) is 68.3 Å². The third kappa shape index (κ3) is 4.52. The van der Waals surface area contributed by atoms with Crippen molar-refractivity contribution in [2.45, 2.75) is 0 Å². The summed E-state index contributed by atoms with van der Waals surface area (Å²) in [6, 6.07) is 9.39. The molecule has 21 heavy (non-hydrogen) atoms. The van der Waals surface area contributed by atoms with Crippen LogP contribution in [0.5, 0.6) is 0 Å². The summed E-state index contributed by atoms with van der Waals surface area (Å²) in [5, 5.41) is 2.23. The zero-order chi connectivity index (χ0) is 15.4. The molecule has 0 radical (unpaired) electrons. The van der Waals surface area contributed by atoms with E-state index < -0.39 is 5.91 Å². The fourth-order valence-corrected chi connectivity index (χ4v) is 2.94. The van der Waals surface area contributed by atoms with Crippen molar-refractivity contribution >= 4 is 61.2 Å². The number of carbonyl (C=O) groups excluding carboxylic acids is 1. The van der Waals surface area contributed by atoms with E-state index in [1.165, 1.54) is 6.08 Å². The van der Waals surface area contributed by atoms with Crippen LogP contribution >= 0.6 is 44.1 Å². The fraction of sp³-hybridized carbons (Fsp3) is 0. The molecule has 1 heterocycles. The number of benzene rings is 1. The lowest BCUT2D eigenvalue weighted by Crippen LogP contribution is -2.33. The zero-order valence-electron chi connectivity index (χ0n) is 10.6. The quantitative estimate of drug-likeness (QED) is 0.574. The van der Waals surface area contributed by atoms with Gasteiger partial charge in [0.15, 0.2) is 5.11 Å². The molecule has 4 nitrogen and oxygen atoms in total. The van der Waals surface area contributed by atoms with E-state index in [0.29, 0.717) is 11.5 Å². The second kappa shape index (κ2) is 7.02. The van der Waals surface area contributed by atoms with E-state index in [1.807, 2.05) is 24.3 Å². The number of carbonyl (C=O) groups is 1. The number of hydrogen-bond acceptors (Lipinski definition) is 3. The van der Waals surface area contributed by atoms with Gasteiger partial charge in [0.25, 0.3) is 0 Å². The van der Waals surface area contributed by atoms with Gasteiger partial charge < -0.3 is 10.2 Å². The summed E-state index contributed by atoms with van der Waals surface area (Å²) >= 11 is 11.5. The largest absolute Gasteiger partial charge is 0.457 e. The summed E-state index contributed by atoms with van der Waals surface area (Å²) in [6.45, 7) is 0. The van der Waals surface area contributed by atoms with Crippen LogP contribution < -0.4 is 11.1 Å². The number of amides is 1. The first-order valence-electron chi connectivity index (χ1n) is 5.79. The zero-order valence-corrected chi connectivity index (χ0v) is 14.6. The average Bonchev–Trinajstić information content (AvgIpc) is 2.84. The van der Waals surface area contributed by atoms with Gasteiger partial charge in [0.2, 0.25) is 5.91 Å². The normalized spacial score (nSPS) is 10.8. The van der Waals surface area contributed by atoms with Gasteiger partial charge >= 0.3 is 0 Å². The molecule has 0 saturated carbocycles. The molecule has 0 atom stereocenters. The molecule has 0 spiro atoms. The molecule has 2 rings (SSSR count). The Balaban J connectivity index is 2.16. The summed E-state index contributed by atoms with van der Waals surface area (Å²) in [4.78, 5) is 11.4. The molecule has 1 amide bonds. The monoisotopic (exact) mass is 428 g/mol. The molecule has 0 aliphatic heterocycles. The Morgan fingerprint density at radius 3 is 2.71 bits per heavy atom. The highest BCUT2D eigenvalue weighted by Gasteiger charge is 2.08. The van der Waals surface area contributed by atoms with Crippen LogP contribution in [0.4, 0.5) is 0 Å². The minimum absolute atomic E-state index is 0.0661. The van der Waals surface area contributed by atoms with Gasteiger partial charge in [0.05, 0.1) is 0 Å². The van der Waals surface area contributed by atoms with E-state index in [0.717, 1.165) is 14.5 Å². The molecule has 1 aromatic carbocycles. The summed E-state index contributed by atoms with van der Waals surface area (Å²) in [5.41, 5.74) is 6.13. The van der Waals surface area contributed by atoms with E-state index >= 15 is 0 Å². The molecule has 0 aliphatic rings. The van der Waals surface area contributed by atoms with E-state index in [1.54, 1.807) is 12.1 Å². The Morgan fingerprint density at radius 2 is 2.05 bits per heavy atom. The van der Waals surface area contributed by atoms with Gasteiger partial charge in [0, 0.05) is 20.6 Å². The minimum atomic E-state index is -0.398. The van der Waals surface area contributed by atoms with Crippen LogP contribution in [0.1, 0.15) is 5.76 Å². The third-order valence-corrected chi connectivity index (χ3v) is 3.72. The van der Waals surface area contributed by atoms with Crippen molar-refractivity contribution in [3.05, 3.63) is 51.1 Å². The van der Waals surface area contributed by atoms with Crippen molar-refractivity contribution in [1.82, 2.24) is 5.32 Å². The van der Waals surface area contributed by atoms with Crippen LogP contribution in [0.15, 0.2) is 49.8 Å². The van der Waals surface area contributed by atoms with E-state index in [2.05, 4.69) is 49.4 Å². The predicted molar refractivity (Wildman–Crippen MR) is 93.5 cm³/mol. The lowest BCUT2D eigenvalue weighted by Gasteiger charge is -2.01. The highest BCUT2D eigenvalue weighted by molar-refractivity contribution is 9.11. The summed E-state index contributed by atoms with van der Waals surface area (Å²) in [5.74, 6) is 0.854. The van der Waals surface area contributed by atoms with Crippen molar-refractivity contribution in [2.75, 3.05) is 0 Å². The smallest absolute Gasteiger partial charge is 0.250 e. The molecule has 1 aromatic heterocycles. The van der Waals surface area contributed by atoms with Gasteiger partial charge in [-0.15, -0.1) is 0 Å². The number of hydrogen-bond donors (Lipinski definition) is 2. The molecule has 0 aliphatic carbocycles. The van der Waals surface area contributed by atoms with Crippen LogP contribution in [-0.4, -0.2) is 11.0 Å². The molecule has 7 heteroatoms. The number of furan rings is 1. The first kappa shape index (κ1) is 15.9. The fourth-order valence-electron chi connectivity index (χ4n) is 1.60. The van der Waals surface area contributed by atoms with E-state index in [4.69, 9.17) is 10.2 Å². The lowest BCUT2D eigenvalue weighted by atomic mass is 10.2. The van der Waals surface area contributed by atoms with E-state index in [9.17, 15) is 4.79 Å². The standard InChI is InChI=1S/C14H10Br2N2O2S/c15-8-1-4-10(11(16)7-8)12-5-2-9(20-12)3-6-13(19)18-14(17)21/h1-7H,(H3,17,18,19,21)/b6-3+. The van der Waals surface area contributed by atoms with Crippen LogP contribution in [0.2, 0.25) is 0 Å². The van der Waals surface area contributed by atoms with Crippen molar-refractivity contribution in [1.29, 1.82) is 0 Å². The van der Waals surface area contributed by atoms with Crippen LogP contribution in [0.25, 0.3) is 17.4 Å². The van der Waals surface area contributed by atoms with Crippen molar-refractivity contribution in [3.8, 4) is 11.3 Å². The van der Waals surface area contributed by atoms with Gasteiger partial charge in [-0.05, 0) is 64.6 Å². The molecular formula is C14H10Br2N2O2S. The summed E-state index contributed by atoms with van der Waals surface area (Å²) < 4.78 is 7.55. The molecule has 108 valence electrons. The van der Waals surface area contributed by atoms with Crippen molar-refractivity contribution < 1.29 is 9.21 Å². The van der Waals surface area contributed by atoms with Crippen LogP contribution in [0, 0.1) is 0 Å². The molecule has 0 fully saturated rings. The van der Waals surface area contributed by atoms with Gasteiger partial charge in [-0.25, -0.2) is 0 Å². The third-order valence-electron chi connectivity index (χ3n) is 2.47. The van der Waals surface area contributed by atoms with Crippen LogP contribution in [0.3, 0.4) is 0 Å². The number of rotatable bonds is 3. The number of thiocarbonyl (C=S) groups is 1. The molecule has 0 bridgehead atoms. The van der Waals surface area contributed by atoms with Crippen molar-refractivity contribution in [3.63, 3.8) is 0 Å². The Kier molecular flexibility index (Phi) is 5.33. The molecular weight excluding hydrogens is 420 g/mol. The number of halogens is 2. The Labute approximate surface area is 143 Å². The van der Waals surface area contributed by atoms with Gasteiger partial charge in [-0.1, -0.05) is 15.9 Å². The Bertz CT molecular complexity index is 726. The van der Waals surface area contributed by atoms with Gasteiger partial charge in [0.1, 0.15) is 11.5 Å². The molecule has 2 aromatic rings. The highest BCUT2D eigenvalue weighted by atomic mass is 79.9.